The number of carbonyl (C=O) groups excluding carboxylic acids is 1. The first-order valence-corrected chi connectivity index (χ1v) is 9.15. The van der Waals surface area contributed by atoms with Crippen LogP contribution in [-0.2, 0) is 6.42 Å². The van der Waals surface area contributed by atoms with E-state index in [0.717, 1.165) is 39.9 Å². The first-order valence-electron chi connectivity index (χ1n) is 8.33. The van der Waals surface area contributed by atoms with Crippen molar-refractivity contribution in [3.8, 4) is 0 Å². The Hall–Kier alpha value is -2.66. The van der Waals surface area contributed by atoms with Crippen molar-refractivity contribution in [2.24, 2.45) is 0 Å². The van der Waals surface area contributed by atoms with Crippen molar-refractivity contribution >= 4 is 38.4 Å². The summed E-state index contributed by atoms with van der Waals surface area (Å²) in [6.07, 6.45) is 1.71. The van der Waals surface area contributed by atoms with E-state index in [4.69, 9.17) is 4.42 Å². The van der Waals surface area contributed by atoms with E-state index in [2.05, 4.69) is 16.4 Å². The van der Waals surface area contributed by atoms with Crippen LogP contribution in [0.25, 0.3) is 21.2 Å². The molecule has 0 aliphatic rings. The molecule has 1 amide bonds. The van der Waals surface area contributed by atoms with Crippen LogP contribution in [0.4, 0.5) is 0 Å². The average Bonchev–Trinajstić information content (AvgIpc) is 3.20. The second kappa shape index (κ2) is 6.69. The van der Waals surface area contributed by atoms with Crippen LogP contribution < -0.4 is 5.32 Å². The molecule has 25 heavy (non-hydrogen) atoms. The summed E-state index contributed by atoms with van der Waals surface area (Å²) in [5.41, 5.74) is 2.68. The second-order valence-corrected chi connectivity index (χ2v) is 7.10. The molecule has 0 fully saturated rings. The van der Waals surface area contributed by atoms with Gasteiger partial charge in [-0.25, -0.2) is 4.98 Å². The van der Waals surface area contributed by atoms with Gasteiger partial charge in [-0.15, -0.1) is 11.3 Å². The third-order valence-electron chi connectivity index (χ3n) is 4.24. The van der Waals surface area contributed by atoms with Crippen LogP contribution in [-0.4, -0.2) is 17.4 Å². The van der Waals surface area contributed by atoms with Crippen molar-refractivity contribution < 1.29 is 9.21 Å². The van der Waals surface area contributed by atoms with Crippen molar-refractivity contribution in [1.29, 1.82) is 0 Å². The van der Waals surface area contributed by atoms with Crippen LogP contribution in [0.2, 0.25) is 0 Å². The molecule has 1 N–H and O–H groups in total. The molecule has 0 unspecified atom stereocenters. The zero-order valence-corrected chi connectivity index (χ0v) is 14.7. The summed E-state index contributed by atoms with van der Waals surface area (Å²) in [6.45, 7) is 2.52. The van der Waals surface area contributed by atoms with Crippen LogP contribution >= 0.6 is 11.3 Å². The van der Waals surface area contributed by atoms with E-state index < -0.39 is 0 Å². The van der Waals surface area contributed by atoms with Crippen molar-refractivity contribution in [2.75, 3.05) is 6.54 Å². The minimum absolute atomic E-state index is 0.155. The van der Waals surface area contributed by atoms with E-state index in [1.54, 1.807) is 11.3 Å². The van der Waals surface area contributed by atoms with Gasteiger partial charge in [0.2, 0.25) is 0 Å². The van der Waals surface area contributed by atoms with Crippen LogP contribution in [0.3, 0.4) is 0 Å². The molecule has 0 saturated heterocycles. The zero-order valence-electron chi connectivity index (χ0n) is 13.9. The normalized spacial score (nSPS) is 11.2. The first kappa shape index (κ1) is 15.8. The highest BCUT2D eigenvalue weighted by atomic mass is 32.1. The van der Waals surface area contributed by atoms with Crippen LogP contribution in [0.5, 0.6) is 0 Å². The minimum atomic E-state index is -0.155. The number of aromatic nitrogens is 1. The number of para-hydroxylation sites is 2. The van der Waals surface area contributed by atoms with Gasteiger partial charge >= 0.3 is 0 Å². The lowest BCUT2D eigenvalue weighted by molar-refractivity contribution is 0.0927. The summed E-state index contributed by atoms with van der Waals surface area (Å²) in [7, 11) is 0. The van der Waals surface area contributed by atoms with Crippen molar-refractivity contribution in [2.45, 2.75) is 19.8 Å². The van der Waals surface area contributed by atoms with Gasteiger partial charge < -0.3 is 9.73 Å². The van der Waals surface area contributed by atoms with E-state index in [0.29, 0.717) is 12.3 Å². The second-order valence-electron chi connectivity index (χ2n) is 5.99. The molecule has 5 heteroatoms. The van der Waals surface area contributed by atoms with Gasteiger partial charge in [-0.05, 0) is 31.5 Å². The van der Waals surface area contributed by atoms with Gasteiger partial charge in [0.1, 0.15) is 5.58 Å². The van der Waals surface area contributed by atoms with Crippen molar-refractivity contribution in [3.63, 3.8) is 0 Å². The monoisotopic (exact) mass is 350 g/mol. The number of hydrogen-bond donors (Lipinski definition) is 1. The Morgan fingerprint density at radius 2 is 1.96 bits per heavy atom. The van der Waals surface area contributed by atoms with Gasteiger partial charge in [0, 0.05) is 23.9 Å². The number of aryl methyl sites for hydroxylation is 2. The number of hydrogen-bond acceptors (Lipinski definition) is 4. The lowest BCUT2D eigenvalue weighted by Crippen LogP contribution is -2.24. The molecule has 4 aromatic rings. The Balaban J connectivity index is 1.36. The molecule has 2 aromatic carbocycles. The standard InChI is InChI=1S/C20H18N2O2S/c1-13-14-7-2-4-9-16(14)24-19(13)20(23)21-12-6-11-18-22-15-8-3-5-10-17(15)25-18/h2-5,7-10H,6,11-12H2,1H3,(H,21,23). The zero-order chi connectivity index (χ0) is 17.2. The average molecular weight is 350 g/mol. The van der Waals surface area contributed by atoms with Crippen molar-refractivity contribution in [3.05, 3.63) is 64.9 Å². The number of benzene rings is 2. The quantitative estimate of drug-likeness (QED) is 0.530. The maximum Gasteiger partial charge on any atom is 0.287 e. The fraction of sp³-hybridized carbons (Fsp3) is 0.200. The fourth-order valence-electron chi connectivity index (χ4n) is 2.94. The Morgan fingerprint density at radius 3 is 2.80 bits per heavy atom. The number of thiazole rings is 1. The van der Waals surface area contributed by atoms with E-state index in [9.17, 15) is 4.79 Å². The summed E-state index contributed by atoms with van der Waals surface area (Å²) in [5, 5.41) is 5.04. The highest BCUT2D eigenvalue weighted by Gasteiger charge is 2.16. The van der Waals surface area contributed by atoms with Crippen LogP contribution in [0.1, 0.15) is 27.5 Å². The Bertz CT molecular complexity index is 1020. The third-order valence-corrected chi connectivity index (χ3v) is 5.34. The molecule has 4 rings (SSSR count). The van der Waals surface area contributed by atoms with Crippen molar-refractivity contribution in [1.82, 2.24) is 10.3 Å². The fourth-order valence-corrected chi connectivity index (χ4v) is 3.95. The summed E-state index contributed by atoms with van der Waals surface area (Å²) >= 11 is 1.72. The van der Waals surface area contributed by atoms with Gasteiger partial charge in [-0.1, -0.05) is 30.3 Å². The van der Waals surface area contributed by atoms with Gasteiger partial charge in [-0.3, -0.25) is 4.79 Å². The number of nitrogens with zero attached hydrogens (tertiary/aromatic N) is 1. The smallest absolute Gasteiger partial charge is 0.287 e. The highest BCUT2D eigenvalue weighted by molar-refractivity contribution is 7.18. The lowest BCUT2D eigenvalue weighted by atomic mass is 10.1. The molecule has 2 aromatic heterocycles. The van der Waals surface area contributed by atoms with Gasteiger partial charge in [-0.2, -0.15) is 0 Å². The molecule has 0 aliphatic heterocycles. The summed E-state index contributed by atoms with van der Waals surface area (Å²) in [4.78, 5) is 17.0. The molecule has 126 valence electrons. The molecule has 2 heterocycles. The first-order chi connectivity index (χ1) is 12.2. The van der Waals surface area contributed by atoms with Gasteiger partial charge in [0.05, 0.1) is 15.2 Å². The molecule has 0 spiro atoms. The largest absolute Gasteiger partial charge is 0.451 e. The molecule has 0 atom stereocenters. The lowest BCUT2D eigenvalue weighted by Gasteiger charge is -2.02. The number of carbonyl (C=O) groups is 1. The van der Waals surface area contributed by atoms with E-state index in [1.165, 1.54) is 4.70 Å². The number of nitrogens with one attached hydrogen (secondary N) is 1. The Morgan fingerprint density at radius 1 is 1.16 bits per heavy atom. The molecule has 0 radical (unpaired) electrons. The molecular weight excluding hydrogens is 332 g/mol. The molecule has 0 bridgehead atoms. The van der Waals surface area contributed by atoms with E-state index >= 15 is 0 Å². The maximum atomic E-state index is 12.4. The van der Waals surface area contributed by atoms with E-state index in [-0.39, 0.29) is 5.91 Å². The van der Waals surface area contributed by atoms with Gasteiger partial charge in [0.15, 0.2) is 5.76 Å². The maximum absolute atomic E-state index is 12.4. The number of rotatable bonds is 5. The molecule has 0 saturated carbocycles. The Labute approximate surface area is 149 Å². The number of amides is 1. The predicted molar refractivity (Wildman–Crippen MR) is 101 cm³/mol. The SMILES string of the molecule is Cc1c(C(=O)NCCCc2nc3ccccc3s2)oc2ccccc12. The van der Waals surface area contributed by atoms with Gasteiger partial charge in [0.25, 0.3) is 5.91 Å². The highest BCUT2D eigenvalue weighted by Crippen LogP contribution is 2.25. The molecule has 4 nitrogen and oxygen atoms in total. The van der Waals surface area contributed by atoms with Crippen LogP contribution in [0.15, 0.2) is 52.9 Å². The number of fused-ring (bicyclic) bond motifs is 2. The summed E-state index contributed by atoms with van der Waals surface area (Å²) in [6, 6.07) is 15.9. The van der Waals surface area contributed by atoms with Crippen LogP contribution in [0, 0.1) is 6.92 Å². The topological polar surface area (TPSA) is 55.1 Å². The summed E-state index contributed by atoms with van der Waals surface area (Å²) in [5.74, 6) is 0.249. The molecule has 0 aliphatic carbocycles. The Kier molecular flexibility index (Phi) is 4.24. The predicted octanol–water partition coefficient (Wildman–Crippen LogP) is 4.71. The molecular formula is C20H18N2O2S. The van der Waals surface area contributed by atoms with E-state index in [1.807, 2.05) is 49.4 Å². The minimum Gasteiger partial charge on any atom is -0.451 e. The third kappa shape index (κ3) is 3.15. The summed E-state index contributed by atoms with van der Waals surface area (Å²) < 4.78 is 6.90. The number of furan rings is 1.